The monoisotopic (exact) mass is 370 g/mol. The van der Waals surface area contributed by atoms with Crippen LogP contribution < -0.4 is 15.8 Å². The van der Waals surface area contributed by atoms with E-state index in [1.807, 2.05) is 41.8 Å². The molecule has 26 heavy (non-hydrogen) atoms. The highest BCUT2D eigenvalue weighted by Crippen LogP contribution is 2.39. The summed E-state index contributed by atoms with van der Waals surface area (Å²) >= 11 is 1.67. The highest BCUT2D eigenvalue weighted by molar-refractivity contribution is 7.09. The predicted molar refractivity (Wildman–Crippen MR) is 104 cm³/mol. The van der Waals surface area contributed by atoms with Crippen molar-refractivity contribution in [3.8, 4) is 5.75 Å². The number of benzene rings is 1. The molecule has 1 amide bonds. The van der Waals surface area contributed by atoms with Gasteiger partial charge in [0.25, 0.3) is 5.91 Å². The summed E-state index contributed by atoms with van der Waals surface area (Å²) in [7, 11) is 0. The number of fused-ring (bicyclic) bond motifs is 2. The number of carbonyl (C=O) groups excluding carboxylic acids is 1. The molecule has 2 bridgehead atoms. The number of amides is 1. The van der Waals surface area contributed by atoms with Crippen molar-refractivity contribution in [3.63, 3.8) is 0 Å². The number of rotatable bonds is 5. The molecule has 0 saturated heterocycles. The third-order valence-corrected chi connectivity index (χ3v) is 6.58. The largest absolute Gasteiger partial charge is 0.488 e. The molecule has 0 aliphatic heterocycles. The number of thiophene rings is 1. The molecule has 3 N–H and O–H groups in total. The van der Waals surface area contributed by atoms with Crippen LogP contribution in [0, 0.1) is 11.8 Å². The lowest BCUT2D eigenvalue weighted by atomic mass is 9.67. The first-order valence-electron chi connectivity index (χ1n) is 9.51. The molecular formula is C21H26N2O2S. The number of nitrogens with two attached hydrogens (primary N) is 1. The van der Waals surface area contributed by atoms with Crippen LogP contribution >= 0.6 is 11.3 Å². The average Bonchev–Trinajstić information content (AvgIpc) is 3.14. The van der Waals surface area contributed by atoms with Gasteiger partial charge < -0.3 is 15.8 Å². The topological polar surface area (TPSA) is 64.3 Å². The van der Waals surface area contributed by atoms with Gasteiger partial charge in [0.15, 0.2) is 0 Å². The molecule has 138 valence electrons. The van der Waals surface area contributed by atoms with E-state index in [9.17, 15) is 4.79 Å². The van der Waals surface area contributed by atoms with Crippen molar-refractivity contribution in [2.75, 3.05) is 0 Å². The fourth-order valence-electron chi connectivity index (χ4n) is 4.54. The maximum Gasteiger partial charge on any atom is 0.251 e. The Morgan fingerprint density at radius 3 is 2.73 bits per heavy atom. The Morgan fingerprint density at radius 1 is 1.19 bits per heavy atom. The zero-order chi connectivity index (χ0) is 17.9. The van der Waals surface area contributed by atoms with Gasteiger partial charge in [-0.15, -0.1) is 11.3 Å². The third-order valence-electron chi connectivity index (χ3n) is 5.73. The summed E-state index contributed by atoms with van der Waals surface area (Å²) in [6.07, 6.45) is 5.69. The Kier molecular flexibility index (Phi) is 5.27. The smallest absolute Gasteiger partial charge is 0.251 e. The van der Waals surface area contributed by atoms with Crippen LogP contribution in [0.1, 0.15) is 47.3 Å². The zero-order valence-corrected chi connectivity index (χ0v) is 15.7. The van der Waals surface area contributed by atoms with E-state index in [0.29, 0.717) is 30.0 Å². The fourth-order valence-corrected chi connectivity index (χ4v) is 5.15. The molecular weight excluding hydrogens is 344 g/mol. The molecule has 4 rings (SSSR count). The molecule has 2 aromatic rings. The molecule has 2 aliphatic carbocycles. The molecule has 2 unspecified atom stereocenters. The summed E-state index contributed by atoms with van der Waals surface area (Å²) in [5, 5.41) is 5.34. The van der Waals surface area contributed by atoms with Gasteiger partial charge in [0.2, 0.25) is 0 Å². The van der Waals surface area contributed by atoms with Crippen molar-refractivity contribution in [3.05, 3.63) is 52.2 Å². The fraction of sp³-hybridized carbons (Fsp3) is 0.476. The Balaban J connectivity index is 1.41. The van der Waals surface area contributed by atoms with Crippen molar-refractivity contribution >= 4 is 17.2 Å². The standard InChI is InChI=1S/C21H26N2O2S/c22-17-10-14-4-1-5-15(11-17)20(14)23-21(24)16-6-2-7-18(12-16)25-13-19-8-3-9-26-19/h2-3,6-9,12,14-15,17,20H,1,4-5,10-11,13,22H2,(H,23,24). The van der Waals surface area contributed by atoms with Gasteiger partial charge in [-0.05, 0) is 67.2 Å². The molecule has 2 saturated carbocycles. The first-order valence-corrected chi connectivity index (χ1v) is 10.4. The Hall–Kier alpha value is -1.85. The van der Waals surface area contributed by atoms with Crippen molar-refractivity contribution < 1.29 is 9.53 Å². The van der Waals surface area contributed by atoms with Gasteiger partial charge in [0.1, 0.15) is 12.4 Å². The molecule has 1 aromatic heterocycles. The molecule has 5 heteroatoms. The van der Waals surface area contributed by atoms with Gasteiger partial charge in [0, 0.05) is 22.5 Å². The van der Waals surface area contributed by atoms with Crippen LogP contribution in [0.5, 0.6) is 5.75 Å². The van der Waals surface area contributed by atoms with E-state index in [4.69, 9.17) is 10.5 Å². The normalized spacial score (nSPS) is 27.7. The van der Waals surface area contributed by atoms with E-state index in [1.54, 1.807) is 11.3 Å². The summed E-state index contributed by atoms with van der Waals surface area (Å²) in [5.41, 5.74) is 6.86. The summed E-state index contributed by atoms with van der Waals surface area (Å²) in [6, 6.07) is 12.1. The maximum atomic E-state index is 12.8. The van der Waals surface area contributed by atoms with E-state index in [2.05, 4.69) is 5.32 Å². The van der Waals surface area contributed by atoms with Crippen LogP contribution in [0.25, 0.3) is 0 Å². The quantitative estimate of drug-likeness (QED) is 0.837. The number of ether oxygens (including phenoxy) is 1. The SMILES string of the molecule is NC1CC2CCCC(C1)C2NC(=O)c1cccc(OCc2cccs2)c1. The second-order valence-corrected chi connectivity index (χ2v) is 8.61. The first-order chi connectivity index (χ1) is 12.7. The van der Waals surface area contributed by atoms with Crippen LogP contribution in [0.15, 0.2) is 41.8 Å². The Labute approximate surface area is 158 Å². The van der Waals surface area contributed by atoms with E-state index < -0.39 is 0 Å². The summed E-state index contributed by atoms with van der Waals surface area (Å²) in [4.78, 5) is 14.0. The number of hydrogen-bond acceptors (Lipinski definition) is 4. The van der Waals surface area contributed by atoms with Crippen LogP contribution in [0.2, 0.25) is 0 Å². The van der Waals surface area contributed by atoms with Gasteiger partial charge in [0.05, 0.1) is 0 Å². The summed E-state index contributed by atoms with van der Waals surface area (Å²) < 4.78 is 5.83. The van der Waals surface area contributed by atoms with Crippen LogP contribution in [-0.2, 0) is 6.61 Å². The lowest BCUT2D eigenvalue weighted by Crippen LogP contribution is -2.53. The second kappa shape index (κ2) is 7.80. The average molecular weight is 371 g/mol. The van der Waals surface area contributed by atoms with E-state index in [0.717, 1.165) is 18.6 Å². The lowest BCUT2D eigenvalue weighted by molar-refractivity contribution is 0.0755. The highest BCUT2D eigenvalue weighted by Gasteiger charge is 2.39. The van der Waals surface area contributed by atoms with Gasteiger partial charge in [-0.25, -0.2) is 0 Å². The minimum absolute atomic E-state index is 0.00365. The van der Waals surface area contributed by atoms with Crippen molar-refractivity contribution in [2.45, 2.75) is 50.8 Å². The first kappa shape index (κ1) is 17.6. The molecule has 0 radical (unpaired) electrons. The second-order valence-electron chi connectivity index (χ2n) is 7.58. The minimum atomic E-state index is 0.00365. The van der Waals surface area contributed by atoms with Crippen molar-refractivity contribution in [1.29, 1.82) is 0 Å². The molecule has 2 atom stereocenters. The Bertz CT molecular complexity index is 732. The number of hydrogen-bond donors (Lipinski definition) is 2. The van der Waals surface area contributed by atoms with E-state index >= 15 is 0 Å². The molecule has 2 fully saturated rings. The zero-order valence-electron chi connectivity index (χ0n) is 14.9. The van der Waals surface area contributed by atoms with E-state index in [-0.39, 0.29) is 11.9 Å². The molecule has 1 aromatic carbocycles. The van der Waals surface area contributed by atoms with Crippen LogP contribution in [0.4, 0.5) is 0 Å². The van der Waals surface area contributed by atoms with Gasteiger partial charge >= 0.3 is 0 Å². The van der Waals surface area contributed by atoms with Crippen LogP contribution in [-0.4, -0.2) is 18.0 Å². The maximum absolute atomic E-state index is 12.8. The van der Waals surface area contributed by atoms with E-state index in [1.165, 1.54) is 24.1 Å². The highest BCUT2D eigenvalue weighted by atomic mass is 32.1. The third kappa shape index (κ3) is 3.94. The molecule has 4 nitrogen and oxygen atoms in total. The molecule has 0 spiro atoms. The van der Waals surface area contributed by atoms with Gasteiger partial charge in [-0.3, -0.25) is 4.79 Å². The predicted octanol–water partition coefficient (Wildman–Crippen LogP) is 3.96. The minimum Gasteiger partial charge on any atom is -0.488 e. The lowest BCUT2D eigenvalue weighted by Gasteiger charge is -2.45. The number of nitrogens with one attached hydrogen (secondary N) is 1. The summed E-state index contributed by atoms with van der Waals surface area (Å²) in [5.74, 6) is 1.79. The Morgan fingerprint density at radius 2 is 2.00 bits per heavy atom. The van der Waals surface area contributed by atoms with Gasteiger partial charge in [-0.2, -0.15) is 0 Å². The molecule has 2 aliphatic rings. The number of carbonyl (C=O) groups is 1. The molecule has 1 heterocycles. The van der Waals surface area contributed by atoms with Crippen molar-refractivity contribution in [2.24, 2.45) is 17.6 Å². The van der Waals surface area contributed by atoms with Gasteiger partial charge in [-0.1, -0.05) is 18.6 Å². The summed E-state index contributed by atoms with van der Waals surface area (Å²) in [6.45, 7) is 0.535. The van der Waals surface area contributed by atoms with Crippen molar-refractivity contribution in [1.82, 2.24) is 5.32 Å². The van der Waals surface area contributed by atoms with Crippen LogP contribution in [0.3, 0.4) is 0 Å².